The highest BCUT2D eigenvalue weighted by molar-refractivity contribution is 7.91. The minimum absolute atomic E-state index is 0.0127. The van der Waals surface area contributed by atoms with Gasteiger partial charge in [0.25, 0.3) is 0 Å². The van der Waals surface area contributed by atoms with Crippen LogP contribution in [0.25, 0.3) is 0 Å². The average molecular weight is 313 g/mol. The predicted molar refractivity (Wildman–Crippen MR) is 83.1 cm³/mol. The molecule has 21 heavy (non-hydrogen) atoms. The number of nitrogens with one attached hydrogen (secondary N) is 1. The minimum atomic E-state index is -3.35. The van der Waals surface area contributed by atoms with Crippen molar-refractivity contribution in [3.63, 3.8) is 0 Å². The lowest BCUT2D eigenvalue weighted by Crippen LogP contribution is -2.32. The molecular weight excluding hydrogens is 290 g/mol. The Morgan fingerprint density at radius 2 is 1.90 bits per heavy atom. The lowest BCUT2D eigenvalue weighted by atomic mass is 10.0. The summed E-state index contributed by atoms with van der Waals surface area (Å²) in [5.74, 6) is -0.109. The Hall–Kier alpha value is -1.56. The first-order valence-electron chi connectivity index (χ1n) is 6.98. The number of anilines is 1. The Kier molecular flexibility index (Phi) is 6.20. The van der Waals surface area contributed by atoms with E-state index < -0.39 is 21.8 Å². The van der Waals surface area contributed by atoms with Gasteiger partial charge in [0.15, 0.2) is 9.84 Å². The Morgan fingerprint density at radius 3 is 2.43 bits per heavy atom. The van der Waals surface area contributed by atoms with Crippen molar-refractivity contribution in [1.82, 2.24) is 0 Å². The number of esters is 1. The van der Waals surface area contributed by atoms with Crippen LogP contribution in [0.2, 0.25) is 0 Å². The quantitative estimate of drug-likeness (QED) is 0.783. The molecule has 0 amide bonds. The van der Waals surface area contributed by atoms with Crippen LogP contribution in [0, 0.1) is 5.92 Å². The molecule has 5 nitrogen and oxygen atoms in total. The van der Waals surface area contributed by atoms with E-state index in [9.17, 15) is 13.2 Å². The standard InChI is InChI=1S/C15H23NO4S/c1-5-21(18,19)14-9-7-6-8-12(14)16-13(10-11(2)3)15(17)20-4/h6-9,11,13,16H,5,10H2,1-4H3. The second-order valence-electron chi connectivity index (χ2n) is 5.25. The van der Waals surface area contributed by atoms with Crippen LogP contribution in [0.5, 0.6) is 0 Å². The number of ether oxygens (including phenoxy) is 1. The van der Waals surface area contributed by atoms with Gasteiger partial charge in [0, 0.05) is 0 Å². The molecule has 1 aromatic carbocycles. The zero-order chi connectivity index (χ0) is 16.0. The van der Waals surface area contributed by atoms with Crippen molar-refractivity contribution in [3.8, 4) is 0 Å². The zero-order valence-electron chi connectivity index (χ0n) is 12.9. The SMILES string of the molecule is CCS(=O)(=O)c1ccccc1NC(CC(C)C)C(=O)OC. The summed E-state index contributed by atoms with van der Waals surface area (Å²) in [5, 5.41) is 3.02. The molecule has 0 fully saturated rings. The summed E-state index contributed by atoms with van der Waals surface area (Å²) in [6, 6.07) is 6.05. The number of benzene rings is 1. The number of carbonyl (C=O) groups is 1. The number of carbonyl (C=O) groups excluding carboxylic acids is 1. The highest BCUT2D eigenvalue weighted by Crippen LogP contribution is 2.24. The summed E-state index contributed by atoms with van der Waals surface area (Å²) in [6.07, 6.45) is 0.563. The van der Waals surface area contributed by atoms with Gasteiger partial charge >= 0.3 is 5.97 Å². The highest BCUT2D eigenvalue weighted by Gasteiger charge is 2.23. The van der Waals surface area contributed by atoms with Gasteiger partial charge in [-0.2, -0.15) is 0 Å². The molecule has 1 atom stereocenters. The molecule has 118 valence electrons. The summed E-state index contributed by atoms with van der Waals surface area (Å²) in [7, 11) is -2.02. The maximum Gasteiger partial charge on any atom is 0.328 e. The number of hydrogen-bond donors (Lipinski definition) is 1. The van der Waals surface area contributed by atoms with Gasteiger partial charge in [0.1, 0.15) is 6.04 Å². The molecule has 0 aliphatic rings. The maximum absolute atomic E-state index is 12.1. The van der Waals surface area contributed by atoms with Crippen molar-refractivity contribution in [1.29, 1.82) is 0 Å². The minimum Gasteiger partial charge on any atom is -0.467 e. The average Bonchev–Trinajstić information content (AvgIpc) is 2.45. The van der Waals surface area contributed by atoms with E-state index in [4.69, 9.17) is 4.74 Å². The monoisotopic (exact) mass is 313 g/mol. The lowest BCUT2D eigenvalue weighted by Gasteiger charge is -2.21. The van der Waals surface area contributed by atoms with E-state index in [0.717, 1.165) is 0 Å². The fourth-order valence-corrected chi connectivity index (χ4v) is 3.09. The van der Waals surface area contributed by atoms with Gasteiger partial charge in [-0.3, -0.25) is 0 Å². The second kappa shape index (κ2) is 7.45. The molecular formula is C15H23NO4S. The smallest absolute Gasteiger partial charge is 0.328 e. The van der Waals surface area contributed by atoms with E-state index >= 15 is 0 Å². The predicted octanol–water partition coefficient (Wildman–Crippen LogP) is 2.48. The summed E-state index contributed by atoms with van der Waals surface area (Å²) >= 11 is 0. The van der Waals surface area contributed by atoms with Crippen molar-refractivity contribution in [2.75, 3.05) is 18.2 Å². The zero-order valence-corrected chi connectivity index (χ0v) is 13.7. The van der Waals surface area contributed by atoms with Crippen LogP contribution in [-0.2, 0) is 19.4 Å². The first kappa shape index (κ1) is 17.5. The molecule has 1 aromatic rings. The summed E-state index contributed by atoms with van der Waals surface area (Å²) in [6.45, 7) is 5.58. The van der Waals surface area contributed by atoms with Crippen LogP contribution >= 0.6 is 0 Å². The third-order valence-electron chi connectivity index (χ3n) is 3.12. The Morgan fingerprint density at radius 1 is 1.29 bits per heavy atom. The topological polar surface area (TPSA) is 72.5 Å². The lowest BCUT2D eigenvalue weighted by molar-refractivity contribution is -0.141. The maximum atomic E-state index is 12.1. The molecule has 0 aromatic heterocycles. The van der Waals surface area contributed by atoms with Crippen molar-refractivity contribution < 1.29 is 17.9 Å². The number of methoxy groups -OCH3 is 1. The van der Waals surface area contributed by atoms with E-state index in [1.165, 1.54) is 7.11 Å². The molecule has 0 radical (unpaired) electrons. The van der Waals surface area contributed by atoms with Crippen LogP contribution in [0.1, 0.15) is 27.2 Å². The number of sulfone groups is 1. The van der Waals surface area contributed by atoms with Crippen molar-refractivity contribution >= 4 is 21.5 Å². The largest absolute Gasteiger partial charge is 0.467 e. The number of para-hydroxylation sites is 1. The first-order chi connectivity index (χ1) is 9.81. The molecule has 0 saturated heterocycles. The second-order valence-corrected chi connectivity index (χ2v) is 7.50. The van der Waals surface area contributed by atoms with E-state index in [2.05, 4.69) is 5.32 Å². The summed E-state index contributed by atoms with van der Waals surface area (Å²) < 4.78 is 29.0. The van der Waals surface area contributed by atoms with E-state index in [1.54, 1.807) is 31.2 Å². The van der Waals surface area contributed by atoms with Crippen molar-refractivity contribution in [2.24, 2.45) is 5.92 Å². The van der Waals surface area contributed by atoms with Gasteiger partial charge in [-0.1, -0.05) is 32.9 Å². The molecule has 0 spiro atoms. The van der Waals surface area contributed by atoms with Gasteiger partial charge in [-0.05, 0) is 24.5 Å². The molecule has 1 unspecified atom stereocenters. The number of hydrogen-bond acceptors (Lipinski definition) is 5. The third-order valence-corrected chi connectivity index (χ3v) is 4.91. The molecule has 0 aliphatic heterocycles. The van der Waals surface area contributed by atoms with Gasteiger partial charge < -0.3 is 10.1 Å². The van der Waals surface area contributed by atoms with Gasteiger partial charge in [0.2, 0.25) is 0 Å². The van der Waals surface area contributed by atoms with Crippen LogP contribution in [-0.4, -0.2) is 33.3 Å². The van der Waals surface area contributed by atoms with Crippen molar-refractivity contribution in [2.45, 2.75) is 38.1 Å². The molecule has 1 rings (SSSR count). The van der Waals surface area contributed by atoms with Crippen LogP contribution in [0.15, 0.2) is 29.2 Å². The highest BCUT2D eigenvalue weighted by atomic mass is 32.2. The van der Waals surface area contributed by atoms with Crippen LogP contribution in [0.3, 0.4) is 0 Å². The van der Waals surface area contributed by atoms with Gasteiger partial charge in [-0.25, -0.2) is 13.2 Å². The molecule has 1 N–H and O–H groups in total. The Labute approximate surface area is 126 Å². The van der Waals surface area contributed by atoms with E-state index in [-0.39, 0.29) is 16.6 Å². The third kappa shape index (κ3) is 4.74. The van der Waals surface area contributed by atoms with Crippen LogP contribution in [0.4, 0.5) is 5.69 Å². The van der Waals surface area contributed by atoms with Crippen molar-refractivity contribution in [3.05, 3.63) is 24.3 Å². The Bertz CT molecular complexity index is 581. The molecule has 0 saturated carbocycles. The summed E-state index contributed by atoms with van der Waals surface area (Å²) in [5.41, 5.74) is 0.440. The van der Waals surface area contributed by atoms with Gasteiger partial charge in [-0.15, -0.1) is 0 Å². The van der Waals surface area contributed by atoms with Gasteiger partial charge in [0.05, 0.1) is 23.4 Å². The van der Waals surface area contributed by atoms with Crippen LogP contribution < -0.4 is 5.32 Å². The Balaban J connectivity index is 3.13. The molecule has 0 aliphatic carbocycles. The molecule has 0 bridgehead atoms. The fourth-order valence-electron chi connectivity index (χ4n) is 2.03. The molecule has 6 heteroatoms. The first-order valence-corrected chi connectivity index (χ1v) is 8.63. The summed E-state index contributed by atoms with van der Waals surface area (Å²) in [4.78, 5) is 12.1. The fraction of sp³-hybridized carbons (Fsp3) is 0.533. The van der Waals surface area contributed by atoms with E-state index in [0.29, 0.717) is 12.1 Å². The van der Waals surface area contributed by atoms with E-state index in [1.807, 2.05) is 13.8 Å². The molecule has 0 heterocycles. The normalized spacial score (nSPS) is 13.0. The number of rotatable bonds is 7.